The largest absolute Gasteiger partial charge is 0.464 e. The van der Waals surface area contributed by atoms with Crippen LogP contribution in [0.15, 0.2) is 24.3 Å². The molecule has 0 aromatic heterocycles. The molecular formula is C28H53N3O4. The number of carbonyl (C=O) groups is 3. The molecule has 0 aromatic rings. The van der Waals surface area contributed by atoms with Crippen LogP contribution in [0.3, 0.4) is 0 Å². The number of allylic oxidation sites excluding steroid dienone is 4. The van der Waals surface area contributed by atoms with Crippen molar-refractivity contribution in [3.63, 3.8) is 0 Å². The lowest BCUT2D eigenvalue weighted by Crippen LogP contribution is -2.41. The van der Waals surface area contributed by atoms with E-state index in [-0.39, 0.29) is 44.0 Å². The second-order valence-electron chi connectivity index (χ2n) is 8.57. The summed E-state index contributed by atoms with van der Waals surface area (Å²) in [6.07, 6.45) is 22.1. The summed E-state index contributed by atoms with van der Waals surface area (Å²) in [4.78, 5) is 36.5. The van der Waals surface area contributed by atoms with Crippen LogP contribution in [0.2, 0.25) is 0 Å². The fraction of sp³-hybridized carbons (Fsp3) is 0.750. The van der Waals surface area contributed by atoms with Gasteiger partial charge in [-0.2, -0.15) is 0 Å². The Morgan fingerprint density at radius 1 is 0.771 bits per heavy atom. The van der Waals surface area contributed by atoms with E-state index in [4.69, 9.17) is 4.74 Å². The predicted octanol–water partition coefficient (Wildman–Crippen LogP) is 5.16. The Morgan fingerprint density at radius 2 is 1.37 bits per heavy atom. The number of likely N-dealkylation sites (N-methyl/N-ethyl adjacent to an activating group) is 1. The molecule has 0 radical (unpaired) electrons. The van der Waals surface area contributed by atoms with Gasteiger partial charge in [-0.3, -0.25) is 14.4 Å². The summed E-state index contributed by atoms with van der Waals surface area (Å²) in [5.74, 6) is -0.736. The van der Waals surface area contributed by atoms with Crippen molar-refractivity contribution in [1.29, 1.82) is 0 Å². The Labute approximate surface area is 215 Å². The molecule has 0 heterocycles. The Bertz CT molecular complexity index is 575. The fourth-order valence-corrected chi connectivity index (χ4v) is 3.09. The van der Waals surface area contributed by atoms with Gasteiger partial charge in [0.15, 0.2) is 0 Å². The van der Waals surface area contributed by atoms with Crippen molar-refractivity contribution < 1.29 is 19.1 Å². The van der Waals surface area contributed by atoms with Crippen LogP contribution in [0.25, 0.3) is 0 Å². The van der Waals surface area contributed by atoms with Gasteiger partial charge in [-0.15, -0.1) is 0 Å². The number of amides is 2. The highest BCUT2D eigenvalue weighted by atomic mass is 16.5. The van der Waals surface area contributed by atoms with E-state index in [2.05, 4.69) is 41.9 Å². The topological polar surface area (TPSA) is 87.7 Å². The zero-order valence-electron chi connectivity index (χ0n) is 23.2. The number of carbonyl (C=O) groups excluding carboxylic acids is 3. The van der Waals surface area contributed by atoms with Gasteiger partial charge in [0.25, 0.3) is 0 Å². The number of esters is 1. The Morgan fingerprint density at radius 3 is 2.00 bits per heavy atom. The molecule has 0 spiro atoms. The lowest BCUT2D eigenvalue weighted by Gasteiger charge is -2.10. The van der Waals surface area contributed by atoms with E-state index in [1.165, 1.54) is 38.5 Å². The Kier molecular flexibility index (Phi) is 28.1. The van der Waals surface area contributed by atoms with Crippen molar-refractivity contribution >= 4 is 17.8 Å². The summed E-state index contributed by atoms with van der Waals surface area (Å²) in [6.45, 7) is 6.78. The van der Waals surface area contributed by atoms with Gasteiger partial charge in [0.2, 0.25) is 11.8 Å². The van der Waals surface area contributed by atoms with E-state index < -0.39 is 0 Å². The average molecular weight is 496 g/mol. The average Bonchev–Trinajstić information content (AvgIpc) is 2.83. The quantitative estimate of drug-likeness (QED) is 0.130. The number of unbranched alkanes of at least 4 members (excludes halogenated alkanes) is 8. The van der Waals surface area contributed by atoms with Gasteiger partial charge in [-0.25, -0.2) is 0 Å². The standard InChI is InChI=1S/C26H47N3O4.C2H6/c1-4-5-6-7-8-9-10-11-12-13-14-15-16-17-18-19-26(32)33-21-20-27-24(30)22-28-25(31)23-29(2)3;1-2/h8-9,11-12H,4-7,10,13-23H2,1-3H3,(H,27,30)(H,28,31);1-2H3/b9-8-,12-11-;. The molecule has 0 aromatic carbocycles. The number of hydrogen-bond donors (Lipinski definition) is 2. The monoisotopic (exact) mass is 495 g/mol. The maximum absolute atomic E-state index is 11.7. The Balaban J connectivity index is 0. The highest BCUT2D eigenvalue weighted by Gasteiger charge is 2.07. The number of ether oxygens (including phenoxy) is 1. The third-order valence-electron chi connectivity index (χ3n) is 4.92. The third-order valence-corrected chi connectivity index (χ3v) is 4.92. The van der Waals surface area contributed by atoms with Gasteiger partial charge < -0.3 is 20.3 Å². The molecule has 2 amide bonds. The molecule has 0 unspecified atom stereocenters. The minimum atomic E-state index is -0.299. The first-order chi connectivity index (χ1) is 17.0. The van der Waals surface area contributed by atoms with Crippen molar-refractivity contribution in [3.05, 3.63) is 24.3 Å². The first-order valence-corrected chi connectivity index (χ1v) is 13.6. The van der Waals surface area contributed by atoms with Crippen LogP contribution in [0, 0.1) is 0 Å². The molecule has 0 atom stereocenters. The van der Waals surface area contributed by atoms with E-state index in [0.29, 0.717) is 6.42 Å². The van der Waals surface area contributed by atoms with E-state index in [0.717, 1.165) is 32.1 Å². The van der Waals surface area contributed by atoms with Gasteiger partial charge in [0.05, 0.1) is 19.6 Å². The minimum absolute atomic E-state index is 0.0768. The van der Waals surface area contributed by atoms with Crippen LogP contribution >= 0.6 is 0 Å². The van der Waals surface area contributed by atoms with Crippen molar-refractivity contribution in [3.8, 4) is 0 Å². The molecule has 7 heteroatoms. The number of hydrogen-bond acceptors (Lipinski definition) is 5. The van der Waals surface area contributed by atoms with E-state index >= 15 is 0 Å². The van der Waals surface area contributed by atoms with Crippen LogP contribution in [0.4, 0.5) is 0 Å². The summed E-state index contributed by atoms with van der Waals surface area (Å²) >= 11 is 0. The fourth-order valence-electron chi connectivity index (χ4n) is 3.09. The van der Waals surface area contributed by atoms with Crippen LogP contribution < -0.4 is 10.6 Å². The van der Waals surface area contributed by atoms with Crippen LogP contribution in [-0.2, 0) is 19.1 Å². The smallest absolute Gasteiger partial charge is 0.305 e. The van der Waals surface area contributed by atoms with Crippen molar-refractivity contribution in [2.24, 2.45) is 0 Å². The second-order valence-corrected chi connectivity index (χ2v) is 8.57. The first-order valence-electron chi connectivity index (χ1n) is 13.6. The van der Waals surface area contributed by atoms with E-state index in [1.54, 1.807) is 19.0 Å². The zero-order valence-corrected chi connectivity index (χ0v) is 23.2. The van der Waals surface area contributed by atoms with Gasteiger partial charge in [0, 0.05) is 6.42 Å². The molecule has 0 saturated heterocycles. The molecule has 0 fully saturated rings. The van der Waals surface area contributed by atoms with Gasteiger partial charge in [-0.05, 0) is 52.6 Å². The molecule has 0 aliphatic heterocycles. The molecular weight excluding hydrogens is 442 g/mol. The normalized spacial score (nSPS) is 10.9. The van der Waals surface area contributed by atoms with Crippen molar-refractivity contribution in [2.45, 2.75) is 97.8 Å². The minimum Gasteiger partial charge on any atom is -0.464 e. The summed E-state index contributed by atoms with van der Waals surface area (Å²) in [5, 5.41) is 5.14. The molecule has 0 saturated carbocycles. The molecule has 2 N–H and O–H groups in total. The highest BCUT2D eigenvalue weighted by molar-refractivity contribution is 5.85. The number of rotatable bonds is 21. The molecule has 7 nitrogen and oxygen atoms in total. The summed E-state index contributed by atoms with van der Waals surface area (Å²) < 4.78 is 5.13. The number of nitrogens with zero attached hydrogens (tertiary/aromatic N) is 1. The van der Waals surface area contributed by atoms with Crippen LogP contribution in [0.1, 0.15) is 97.8 Å². The molecule has 0 bridgehead atoms. The van der Waals surface area contributed by atoms with E-state index in [1.807, 2.05) is 13.8 Å². The van der Waals surface area contributed by atoms with Gasteiger partial charge in [0.1, 0.15) is 6.61 Å². The Hall–Kier alpha value is -2.15. The summed E-state index contributed by atoms with van der Waals surface area (Å²) in [6, 6.07) is 0. The van der Waals surface area contributed by atoms with Crippen LogP contribution in [-0.4, -0.2) is 63.0 Å². The highest BCUT2D eigenvalue weighted by Crippen LogP contribution is 2.08. The van der Waals surface area contributed by atoms with Crippen molar-refractivity contribution in [1.82, 2.24) is 15.5 Å². The van der Waals surface area contributed by atoms with E-state index in [9.17, 15) is 14.4 Å². The molecule has 0 aliphatic carbocycles. The maximum atomic E-state index is 11.7. The maximum Gasteiger partial charge on any atom is 0.305 e. The van der Waals surface area contributed by atoms with Crippen molar-refractivity contribution in [2.75, 3.05) is 40.3 Å². The second kappa shape index (κ2) is 28.1. The number of nitrogens with one attached hydrogen (secondary N) is 2. The molecule has 35 heavy (non-hydrogen) atoms. The zero-order chi connectivity index (χ0) is 26.6. The molecule has 204 valence electrons. The lowest BCUT2D eigenvalue weighted by atomic mass is 10.1. The van der Waals surface area contributed by atoms with Gasteiger partial charge >= 0.3 is 5.97 Å². The lowest BCUT2D eigenvalue weighted by molar-refractivity contribution is -0.144. The molecule has 0 aliphatic rings. The summed E-state index contributed by atoms with van der Waals surface area (Å²) in [5.41, 5.74) is 0. The third kappa shape index (κ3) is 29.8. The summed E-state index contributed by atoms with van der Waals surface area (Å²) in [7, 11) is 3.56. The van der Waals surface area contributed by atoms with Gasteiger partial charge in [-0.1, -0.05) is 77.2 Å². The SMILES string of the molecule is CC.CCCCC/C=C\C/C=C\CCCCCCCC(=O)OCCNC(=O)CNC(=O)CN(C)C. The molecule has 0 rings (SSSR count). The first kappa shape index (κ1) is 35.0. The predicted molar refractivity (Wildman–Crippen MR) is 146 cm³/mol. The van der Waals surface area contributed by atoms with Crippen LogP contribution in [0.5, 0.6) is 0 Å².